The van der Waals surface area contributed by atoms with Gasteiger partial charge in [-0.15, -0.1) is 0 Å². The van der Waals surface area contributed by atoms with Crippen molar-refractivity contribution in [1.82, 2.24) is 0 Å². The van der Waals surface area contributed by atoms with E-state index in [0.29, 0.717) is 12.1 Å². The molecule has 0 spiro atoms. The molecule has 0 amide bonds. The van der Waals surface area contributed by atoms with Crippen LogP contribution in [0.2, 0.25) is 0 Å². The Kier molecular flexibility index (Phi) is 3.88. The highest BCUT2D eigenvalue weighted by atomic mass is 19.4. The lowest BCUT2D eigenvalue weighted by molar-refractivity contribution is -0.138. The van der Waals surface area contributed by atoms with E-state index in [1.807, 2.05) is 0 Å². The number of carbonyl (C=O) groups is 1. The number of halogens is 5. The zero-order chi connectivity index (χ0) is 16.7. The number of alkyl halides is 5. The molecule has 1 aliphatic rings. The lowest BCUT2D eigenvalue weighted by Gasteiger charge is -2.29. The Labute approximate surface area is 122 Å². The van der Waals surface area contributed by atoms with Crippen LogP contribution in [0.5, 0.6) is 5.75 Å². The summed E-state index contributed by atoms with van der Waals surface area (Å²) in [5.41, 5.74) is -2.72. The topological polar surface area (TPSA) is 46.5 Å². The first kappa shape index (κ1) is 16.3. The highest BCUT2D eigenvalue weighted by Gasteiger charge is 2.45. The van der Waals surface area contributed by atoms with Gasteiger partial charge in [0.25, 0.3) is 0 Å². The number of benzene rings is 1. The maximum atomic E-state index is 14.0. The monoisotopic (exact) mass is 322 g/mol. The zero-order valence-corrected chi connectivity index (χ0v) is 11.3. The van der Waals surface area contributed by atoms with Gasteiger partial charge < -0.3 is 9.84 Å². The standard InChI is InChI=1S/C14H11F5O3/c1-2-8(12(20)21)11-9-4-3-7(14(17,18)19)5-10(9)22-6-13(11,15)16/h3-5H,2,6H2,1H3,(H,20,21)/b11-8-. The summed E-state index contributed by atoms with van der Waals surface area (Å²) in [6.07, 6.45) is -4.84. The summed E-state index contributed by atoms with van der Waals surface area (Å²) < 4.78 is 70.7. The van der Waals surface area contributed by atoms with Crippen molar-refractivity contribution in [2.75, 3.05) is 6.61 Å². The maximum Gasteiger partial charge on any atom is 0.416 e. The maximum absolute atomic E-state index is 14.0. The van der Waals surface area contributed by atoms with Crippen LogP contribution in [0.4, 0.5) is 22.0 Å². The summed E-state index contributed by atoms with van der Waals surface area (Å²) in [7, 11) is 0. The minimum Gasteiger partial charge on any atom is -0.486 e. The number of carboxylic acids is 1. The van der Waals surface area contributed by atoms with Crippen molar-refractivity contribution in [2.24, 2.45) is 0 Å². The van der Waals surface area contributed by atoms with Gasteiger partial charge in [0.15, 0.2) is 6.61 Å². The van der Waals surface area contributed by atoms with Crippen LogP contribution in [0.15, 0.2) is 23.8 Å². The third kappa shape index (κ3) is 2.77. The quantitative estimate of drug-likeness (QED) is 0.662. The van der Waals surface area contributed by atoms with E-state index in [2.05, 4.69) is 0 Å². The first-order valence-electron chi connectivity index (χ1n) is 6.27. The fourth-order valence-electron chi connectivity index (χ4n) is 2.28. The van der Waals surface area contributed by atoms with Crippen molar-refractivity contribution >= 4 is 11.5 Å². The Morgan fingerprint density at radius 2 is 2.00 bits per heavy atom. The van der Waals surface area contributed by atoms with Crippen molar-refractivity contribution < 1.29 is 36.6 Å². The number of rotatable bonds is 2. The fraction of sp³-hybridized carbons (Fsp3) is 0.357. The molecule has 1 aromatic carbocycles. The Morgan fingerprint density at radius 3 is 2.50 bits per heavy atom. The Balaban J connectivity index is 2.70. The molecule has 1 heterocycles. The average molecular weight is 322 g/mol. The molecule has 0 aromatic heterocycles. The van der Waals surface area contributed by atoms with Gasteiger partial charge in [0.2, 0.25) is 0 Å². The van der Waals surface area contributed by atoms with Crippen molar-refractivity contribution in [2.45, 2.75) is 25.4 Å². The molecule has 1 N–H and O–H groups in total. The van der Waals surface area contributed by atoms with Crippen molar-refractivity contribution in [1.29, 1.82) is 0 Å². The largest absolute Gasteiger partial charge is 0.486 e. The van der Waals surface area contributed by atoms with E-state index in [4.69, 9.17) is 9.84 Å². The van der Waals surface area contributed by atoms with E-state index in [0.717, 1.165) is 6.07 Å². The molecule has 0 fully saturated rings. The van der Waals surface area contributed by atoms with Gasteiger partial charge in [0.05, 0.1) is 5.56 Å². The van der Waals surface area contributed by atoms with Crippen LogP contribution in [-0.2, 0) is 11.0 Å². The van der Waals surface area contributed by atoms with Crippen LogP contribution in [0.3, 0.4) is 0 Å². The molecule has 2 rings (SSSR count). The molecule has 0 radical (unpaired) electrons. The van der Waals surface area contributed by atoms with Gasteiger partial charge in [0, 0.05) is 16.7 Å². The third-order valence-corrected chi connectivity index (χ3v) is 3.27. The predicted molar refractivity (Wildman–Crippen MR) is 66.7 cm³/mol. The molecule has 120 valence electrons. The van der Waals surface area contributed by atoms with Crippen molar-refractivity contribution in [3.63, 3.8) is 0 Å². The second-order valence-electron chi connectivity index (χ2n) is 4.71. The summed E-state index contributed by atoms with van der Waals surface area (Å²) in [4.78, 5) is 11.1. The number of ether oxygens (including phenoxy) is 1. The summed E-state index contributed by atoms with van der Waals surface area (Å²) in [5.74, 6) is -5.52. The van der Waals surface area contributed by atoms with Gasteiger partial charge in [-0.05, 0) is 18.6 Å². The second-order valence-corrected chi connectivity index (χ2v) is 4.71. The zero-order valence-electron chi connectivity index (χ0n) is 11.3. The minimum atomic E-state index is -4.65. The van der Waals surface area contributed by atoms with Crippen LogP contribution in [0.25, 0.3) is 5.57 Å². The number of carboxylic acid groups (broad SMARTS) is 1. The van der Waals surface area contributed by atoms with Crippen LogP contribution < -0.4 is 4.74 Å². The molecule has 1 aromatic rings. The smallest absolute Gasteiger partial charge is 0.416 e. The predicted octanol–water partition coefficient (Wildman–Crippen LogP) is 3.98. The SMILES string of the molecule is CC/C(C(=O)O)=C1\c2ccc(C(F)(F)F)cc2OCC1(F)F. The molecule has 22 heavy (non-hydrogen) atoms. The highest BCUT2D eigenvalue weighted by molar-refractivity contribution is 5.99. The van der Waals surface area contributed by atoms with Crippen molar-refractivity contribution in [3.05, 3.63) is 34.9 Å². The number of aliphatic carboxylic acids is 1. The van der Waals surface area contributed by atoms with Crippen LogP contribution >= 0.6 is 0 Å². The van der Waals surface area contributed by atoms with E-state index in [1.165, 1.54) is 6.92 Å². The molecule has 3 nitrogen and oxygen atoms in total. The molecule has 0 atom stereocenters. The Morgan fingerprint density at radius 1 is 1.36 bits per heavy atom. The molecule has 1 aliphatic heterocycles. The minimum absolute atomic E-state index is 0.194. The Bertz CT molecular complexity index is 646. The highest BCUT2D eigenvalue weighted by Crippen LogP contribution is 2.46. The first-order chi connectivity index (χ1) is 10.1. The molecular formula is C14H11F5O3. The van der Waals surface area contributed by atoms with Crippen LogP contribution in [-0.4, -0.2) is 23.6 Å². The molecule has 8 heteroatoms. The first-order valence-corrected chi connectivity index (χ1v) is 6.27. The van der Waals surface area contributed by atoms with Gasteiger partial charge in [-0.3, -0.25) is 0 Å². The van der Waals surface area contributed by atoms with Crippen LogP contribution in [0, 0.1) is 0 Å². The van der Waals surface area contributed by atoms with E-state index in [-0.39, 0.29) is 12.0 Å². The number of fused-ring (bicyclic) bond motifs is 1. The van der Waals surface area contributed by atoms with Gasteiger partial charge >= 0.3 is 18.1 Å². The molecule has 0 saturated heterocycles. The van der Waals surface area contributed by atoms with Crippen LogP contribution in [0.1, 0.15) is 24.5 Å². The lowest BCUT2D eigenvalue weighted by atomic mass is 9.90. The lowest BCUT2D eigenvalue weighted by Crippen LogP contribution is -2.33. The van der Waals surface area contributed by atoms with Crippen molar-refractivity contribution in [3.8, 4) is 5.75 Å². The normalized spacial score (nSPS) is 19.2. The van der Waals surface area contributed by atoms with E-state index >= 15 is 0 Å². The van der Waals surface area contributed by atoms with E-state index < -0.39 is 47.1 Å². The third-order valence-electron chi connectivity index (χ3n) is 3.27. The van der Waals surface area contributed by atoms with Gasteiger partial charge in [-0.2, -0.15) is 22.0 Å². The number of hydrogen-bond donors (Lipinski definition) is 1. The second kappa shape index (κ2) is 5.26. The van der Waals surface area contributed by atoms with Gasteiger partial charge in [-0.25, -0.2) is 4.79 Å². The molecule has 0 saturated carbocycles. The Hall–Kier alpha value is -2.12. The summed E-state index contributed by atoms with van der Waals surface area (Å²) in [5, 5.41) is 9.06. The van der Waals surface area contributed by atoms with E-state index in [1.54, 1.807) is 0 Å². The summed E-state index contributed by atoms with van der Waals surface area (Å²) in [6, 6.07) is 2.04. The number of hydrogen-bond acceptors (Lipinski definition) is 2. The summed E-state index contributed by atoms with van der Waals surface area (Å²) in [6.45, 7) is 0.180. The average Bonchev–Trinajstić information content (AvgIpc) is 2.40. The van der Waals surface area contributed by atoms with E-state index in [9.17, 15) is 26.7 Å². The molecule has 0 aliphatic carbocycles. The van der Waals surface area contributed by atoms with Gasteiger partial charge in [0.1, 0.15) is 5.75 Å². The summed E-state index contributed by atoms with van der Waals surface area (Å²) >= 11 is 0. The van der Waals surface area contributed by atoms with Gasteiger partial charge in [-0.1, -0.05) is 13.0 Å². The fourth-order valence-corrected chi connectivity index (χ4v) is 2.28. The molecule has 0 unspecified atom stereocenters. The molecule has 0 bridgehead atoms. The molecular weight excluding hydrogens is 311 g/mol.